The third kappa shape index (κ3) is 7.20. The van der Waals surface area contributed by atoms with E-state index in [1.807, 2.05) is 36.4 Å². The van der Waals surface area contributed by atoms with Gasteiger partial charge in [0.05, 0.1) is 29.2 Å². The van der Waals surface area contributed by atoms with Crippen LogP contribution in [0.1, 0.15) is 74.1 Å². The number of amides is 3. The standard InChI is InChI=1S/C46H43FN6O5/c1-28-2-17-41(44(55)50-28)53-45(56)38-15-8-32(25-39(38)46(53)57)40-26-49-42(27-48-40)52-20-18-51(19-21-52)22-23-58-35-12-5-30(6-13-35)43-36(29-3-9-33(47)10-4-29)14-7-31-24-34(54)11-16-37(31)43/h3-6,8-13,15-16,24-27,36,41,43,54H,1-2,7,14,17-23H2,(H,50,55)/t36-,41?,43+/m1/s1. The first-order valence-electron chi connectivity index (χ1n) is 19.8. The van der Waals surface area contributed by atoms with Crippen LogP contribution in [0.2, 0.25) is 0 Å². The van der Waals surface area contributed by atoms with Crippen molar-refractivity contribution < 1.29 is 28.6 Å². The van der Waals surface area contributed by atoms with E-state index in [1.54, 1.807) is 36.7 Å². The zero-order valence-electron chi connectivity index (χ0n) is 31.9. The van der Waals surface area contributed by atoms with E-state index >= 15 is 0 Å². The van der Waals surface area contributed by atoms with Crippen LogP contribution in [-0.2, 0) is 11.2 Å². The molecule has 58 heavy (non-hydrogen) atoms. The van der Waals surface area contributed by atoms with E-state index in [-0.39, 0.29) is 34.5 Å². The van der Waals surface area contributed by atoms with Gasteiger partial charge in [0.1, 0.15) is 35.8 Å². The lowest BCUT2D eigenvalue weighted by Crippen LogP contribution is -2.51. The highest BCUT2D eigenvalue weighted by atomic mass is 19.1. The molecule has 2 N–H and O–H groups in total. The largest absolute Gasteiger partial charge is 0.508 e. The van der Waals surface area contributed by atoms with Crippen LogP contribution < -0.4 is 15.0 Å². The molecule has 0 radical (unpaired) electrons. The molecular formula is C46H43FN6O5. The maximum atomic E-state index is 13.8. The normalized spacial score (nSPS) is 20.8. The molecule has 1 aliphatic carbocycles. The van der Waals surface area contributed by atoms with Crippen LogP contribution >= 0.6 is 0 Å². The topological polar surface area (TPSA) is 128 Å². The third-order valence-electron chi connectivity index (χ3n) is 12.0. The minimum absolute atomic E-state index is 0.0732. The molecule has 4 heterocycles. The molecule has 3 atom stereocenters. The lowest BCUT2D eigenvalue weighted by molar-refractivity contribution is -0.125. The lowest BCUT2D eigenvalue weighted by Gasteiger charge is -2.35. The van der Waals surface area contributed by atoms with Crippen molar-refractivity contribution in [2.45, 2.75) is 43.6 Å². The predicted octanol–water partition coefficient (Wildman–Crippen LogP) is 6.44. The number of benzene rings is 4. The van der Waals surface area contributed by atoms with Crippen molar-refractivity contribution in [2.75, 3.05) is 44.2 Å². The molecule has 2 fully saturated rings. The molecule has 1 unspecified atom stereocenters. The van der Waals surface area contributed by atoms with Crippen LogP contribution in [-0.4, -0.2) is 88.0 Å². The number of phenols is 1. The number of fused-ring (bicyclic) bond motifs is 2. The van der Waals surface area contributed by atoms with Crippen LogP contribution in [0.4, 0.5) is 10.2 Å². The summed E-state index contributed by atoms with van der Waals surface area (Å²) in [5.41, 5.74) is 6.96. The van der Waals surface area contributed by atoms with Crippen molar-refractivity contribution in [1.82, 2.24) is 25.1 Å². The zero-order valence-corrected chi connectivity index (χ0v) is 31.9. The molecular weight excluding hydrogens is 736 g/mol. The Morgan fingerprint density at radius 3 is 2.31 bits per heavy atom. The van der Waals surface area contributed by atoms with E-state index in [4.69, 9.17) is 9.72 Å². The van der Waals surface area contributed by atoms with E-state index < -0.39 is 23.8 Å². The van der Waals surface area contributed by atoms with Crippen molar-refractivity contribution in [3.63, 3.8) is 0 Å². The first kappa shape index (κ1) is 37.2. The molecule has 4 aromatic carbocycles. The average molecular weight is 779 g/mol. The molecule has 11 nitrogen and oxygen atoms in total. The Labute approximate surface area is 335 Å². The number of carbonyl (C=O) groups excluding carboxylic acids is 3. The number of aryl methyl sites for hydroxylation is 1. The molecule has 0 bridgehead atoms. The molecule has 2 saturated heterocycles. The van der Waals surface area contributed by atoms with Gasteiger partial charge >= 0.3 is 0 Å². The van der Waals surface area contributed by atoms with Gasteiger partial charge in [-0.2, -0.15) is 0 Å². The van der Waals surface area contributed by atoms with Crippen molar-refractivity contribution in [3.8, 4) is 22.8 Å². The summed E-state index contributed by atoms with van der Waals surface area (Å²) >= 11 is 0. The number of imide groups is 1. The first-order valence-corrected chi connectivity index (χ1v) is 19.8. The number of hydrogen-bond donors (Lipinski definition) is 2. The summed E-state index contributed by atoms with van der Waals surface area (Å²) in [7, 11) is 0. The minimum Gasteiger partial charge on any atom is -0.508 e. The number of anilines is 1. The van der Waals surface area contributed by atoms with Crippen molar-refractivity contribution >= 4 is 23.5 Å². The van der Waals surface area contributed by atoms with Crippen LogP contribution in [0, 0.1) is 5.82 Å². The van der Waals surface area contributed by atoms with Crippen LogP contribution in [0.5, 0.6) is 11.5 Å². The zero-order chi connectivity index (χ0) is 39.9. The Bertz CT molecular complexity index is 2400. The summed E-state index contributed by atoms with van der Waals surface area (Å²) in [5, 5.41) is 12.8. The minimum atomic E-state index is -0.861. The Hall–Kier alpha value is -6.40. The smallest absolute Gasteiger partial charge is 0.262 e. The fraction of sp³-hybridized carbons (Fsp3) is 0.283. The number of nitrogens with zero attached hydrogens (tertiary/aromatic N) is 5. The maximum Gasteiger partial charge on any atom is 0.262 e. The Balaban J connectivity index is 0.781. The number of halogens is 1. The number of carbonyl (C=O) groups is 3. The van der Waals surface area contributed by atoms with Crippen LogP contribution in [0.15, 0.2) is 110 Å². The molecule has 294 valence electrons. The number of aromatic hydroxyl groups is 1. The third-order valence-corrected chi connectivity index (χ3v) is 12.0. The second-order valence-corrected chi connectivity index (χ2v) is 15.5. The van der Waals surface area contributed by atoms with E-state index in [0.717, 1.165) is 78.7 Å². The van der Waals surface area contributed by atoms with Gasteiger partial charge in [-0.25, -0.2) is 9.37 Å². The SMILES string of the molecule is C=C1CCC(N2C(=O)c3ccc(-c4cnc(N5CCN(CCOc6ccc([C@@H]7c8ccc(O)cc8CC[C@@H]7c7ccc(F)cc7)cc6)CC5)cn4)cc3C2=O)C(=O)N1. The van der Waals surface area contributed by atoms with Crippen LogP contribution in [0.25, 0.3) is 11.3 Å². The molecule has 1 aromatic heterocycles. The highest BCUT2D eigenvalue weighted by Gasteiger charge is 2.44. The van der Waals surface area contributed by atoms with Gasteiger partial charge in [-0.05, 0) is 102 Å². The summed E-state index contributed by atoms with van der Waals surface area (Å²) in [6.45, 7) is 8.37. The Morgan fingerprint density at radius 1 is 0.810 bits per heavy atom. The number of rotatable bonds is 9. The lowest BCUT2D eigenvalue weighted by atomic mass is 9.69. The highest BCUT2D eigenvalue weighted by Crippen LogP contribution is 2.47. The van der Waals surface area contributed by atoms with Gasteiger partial charge in [-0.1, -0.05) is 43.0 Å². The second-order valence-electron chi connectivity index (χ2n) is 15.5. The molecule has 5 aromatic rings. The Kier molecular flexibility index (Phi) is 9.94. The fourth-order valence-corrected chi connectivity index (χ4v) is 8.90. The van der Waals surface area contributed by atoms with E-state index in [2.05, 4.69) is 38.8 Å². The van der Waals surface area contributed by atoms with E-state index in [1.165, 1.54) is 17.7 Å². The van der Waals surface area contributed by atoms with Gasteiger partial charge in [0.2, 0.25) is 5.91 Å². The molecule has 3 amide bonds. The number of nitrogens with one attached hydrogen (secondary N) is 1. The highest BCUT2D eigenvalue weighted by molar-refractivity contribution is 6.23. The van der Waals surface area contributed by atoms with Gasteiger partial charge in [-0.3, -0.25) is 29.2 Å². The number of ether oxygens (including phenoxy) is 1. The molecule has 4 aliphatic rings. The average Bonchev–Trinajstić information content (AvgIpc) is 3.49. The maximum absolute atomic E-state index is 13.8. The van der Waals surface area contributed by atoms with Gasteiger partial charge < -0.3 is 20.1 Å². The van der Waals surface area contributed by atoms with Crippen molar-refractivity contribution in [3.05, 3.63) is 149 Å². The van der Waals surface area contributed by atoms with Crippen LogP contribution in [0.3, 0.4) is 0 Å². The second kappa shape index (κ2) is 15.5. The van der Waals surface area contributed by atoms with E-state index in [9.17, 15) is 23.9 Å². The molecule has 0 spiro atoms. The monoisotopic (exact) mass is 778 g/mol. The number of allylic oxidation sites excluding steroid dienone is 1. The summed E-state index contributed by atoms with van der Waals surface area (Å²) < 4.78 is 20.0. The van der Waals surface area contributed by atoms with Gasteiger partial charge in [0.25, 0.3) is 11.8 Å². The summed E-state index contributed by atoms with van der Waals surface area (Å²) in [4.78, 5) is 54.0. The number of piperazine rings is 1. The summed E-state index contributed by atoms with van der Waals surface area (Å²) in [6.07, 6.45) is 6.03. The summed E-state index contributed by atoms with van der Waals surface area (Å²) in [5.74, 6) is 0.509. The predicted molar refractivity (Wildman–Crippen MR) is 216 cm³/mol. The number of piperidine rings is 1. The van der Waals surface area contributed by atoms with E-state index in [0.29, 0.717) is 36.4 Å². The number of phenolic OH excluding ortho intramolecular Hbond substituents is 1. The molecule has 0 saturated carbocycles. The first-order chi connectivity index (χ1) is 28.2. The van der Waals surface area contributed by atoms with Gasteiger partial charge in [-0.15, -0.1) is 0 Å². The molecule has 9 rings (SSSR count). The number of aromatic nitrogens is 2. The number of hydrogen-bond acceptors (Lipinski definition) is 9. The Morgan fingerprint density at radius 2 is 1.57 bits per heavy atom. The molecule has 12 heteroatoms. The summed E-state index contributed by atoms with van der Waals surface area (Å²) in [6, 6.07) is 24.9. The van der Waals surface area contributed by atoms with Crippen molar-refractivity contribution in [1.29, 1.82) is 0 Å². The van der Waals surface area contributed by atoms with Gasteiger partial charge in [0, 0.05) is 49.9 Å². The quantitative estimate of drug-likeness (QED) is 0.163. The van der Waals surface area contributed by atoms with Gasteiger partial charge in [0.15, 0.2) is 0 Å². The van der Waals surface area contributed by atoms with Crippen molar-refractivity contribution in [2.24, 2.45) is 0 Å². The fourth-order valence-electron chi connectivity index (χ4n) is 8.90. The molecule has 3 aliphatic heterocycles.